The average molecular weight is 402 g/mol. The van der Waals surface area contributed by atoms with Crippen molar-refractivity contribution >= 4 is 17.7 Å². The Morgan fingerprint density at radius 1 is 1.14 bits per heavy atom. The van der Waals surface area contributed by atoms with Crippen LogP contribution in [0.3, 0.4) is 0 Å². The van der Waals surface area contributed by atoms with Crippen molar-refractivity contribution in [2.24, 2.45) is 0 Å². The molecule has 2 aromatic carbocycles. The van der Waals surface area contributed by atoms with E-state index in [1.807, 2.05) is 42.5 Å². The molecule has 1 aliphatic heterocycles. The topological polar surface area (TPSA) is 56.8 Å². The molecule has 5 nitrogen and oxygen atoms in total. The van der Waals surface area contributed by atoms with E-state index in [0.29, 0.717) is 12.3 Å². The number of carbonyl (C=O) groups excluding carboxylic acids is 1. The van der Waals surface area contributed by atoms with Gasteiger partial charge in [0.25, 0.3) is 0 Å². The second-order valence-electron chi connectivity index (χ2n) is 7.39. The van der Waals surface area contributed by atoms with Gasteiger partial charge < -0.3 is 19.5 Å². The predicted octanol–water partition coefficient (Wildman–Crippen LogP) is 4.36. The van der Waals surface area contributed by atoms with Crippen LogP contribution in [0, 0.1) is 0 Å². The van der Waals surface area contributed by atoms with Crippen LogP contribution in [0.4, 0.5) is 0 Å². The summed E-state index contributed by atoms with van der Waals surface area (Å²) in [6.45, 7) is 4.67. The van der Waals surface area contributed by atoms with Gasteiger partial charge in [-0.05, 0) is 49.7 Å². The van der Waals surface area contributed by atoms with Crippen LogP contribution >= 0.6 is 11.8 Å². The molecule has 0 aliphatic carbocycles. The largest absolute Gasteiger partial charge is 0.497 e. The molecule has 1 aliphatic rings. The normalized spacial score (nSPS) is 17.2. The molecule has 0 aromatic heterocycles. The smallest absolute Gasteiger partial charge is 0.230 e. The van der Waals surface area contributed by atoms with E-state index < -0.39 is 0 Å². The molecule has 1 heterocycles. The molecule has 0 unspecified atom stereocenters. The molecule has 6 heteroatoms. The van der Waals surface area contributed by atoms with Crippen molar-refractivity contribution in [1.82, 2.24) is 5.32 Å². The minimum Gasteiger partial charge on any atom is -0.497 e. The fraction of sp³-hybridized carbons (Fsp3) is 0.409. The Bertz CT molecular complexity index is 820. The van der Waals surface area contributed by atoms with Gasteiger partial charge in [-0.1, -0.05) is 12.1 Å². The van der Waals surface area contributed by atoms with Gasteiger partial charge in [0, 0.05) is 23.8 Å². The molecular weight excluding hydrogens is 374 g/mol. The van der Waals surface area contributed by atoms with Gasteiger partial charge in [-0.15, -0.1) is 11.8 Å². The maximum atomic E-state index is 12.4. The Hall–Kier alpha value is -2.34. The van der Waals surface area contributed by atoms with Crippen LogP contribution in [0.1, 0.15) is 36.6 Å². The monoisotopic (exact) mass is 401 g/mol. The van der Waals surface area contributed by atoms with Crippen LogP contribution < -0.4 is 19.5 Å². The number of benzene rings is 2. The lowest BCUT2D eigenvalue weighted by Crippen LogP contribution is -2.34. The minimum absolute atomic E-state index is 0.0227. The first-order valence-corrected chi connectivity index (χ1v) is 10.3. The summed E-state index contributed by atoms with van der Waals surface area (Å²) in [5, 5.41) is 3.17. The standard InChI is InChI=1S/C22H27NO4S/c1-22(2)12-20(18-11-17(26-4)9-10-19(18)27-22)28-14-21(24)23-13-15-5-7-16(25-3)8-6-15/h5-11,20H,12-14H2,1-4H3,(H,23,24)/t20-/m1/s1. The number of amides is 1. The van der Waals surface area contributed by atoms with Crippen molar-refractivity contribution in [2.45, 2.75) is 37.7 Å². The number of carbonyl (C=O) groups is 1. The summed E-state index contributed by atoms with van der Waals surface area (Å²) in [7, 11) is 3.30. The molecule has 0 bridgehead atoms. The maximum Gasteiger partial charge on any atom is 0.230 e. The fourth-order valence-electron chi connectivity index (χ4n) is 3.21. The fourth-order valence-corrected chi connectivity index (χ4v) is 4.55. The van der Waals surface area contributed by atoms with Gasteiger partial charge in [-0.2, -0.15) is 0 Å². The minimum atomic E-state index is -0.265. The van der Waals surface area contributed by atoms with Gasteiger partial charge in [0.15, 0.2) is 0 Å². The summed E-state index contributed by atoms with van der Waals surface area (Å²) < 4.78 is 16.6. The van der Waals surface area contributed by atoms with E-state index in [9.17, 15) is 4.79 Å². The van der Waals surface area contributed by atoms with E-state index in [-0.39, 0.29) is 16.8 Å². The van der Waals surface area contributed by atoms with Crippen LogP contribution in [0.2, 0.25) is 0 Å². The van der Waals surface area contributed by atoms with Gasteiger partial charge in [0.2, 0.25) is 5.91 Å². The zero-order valence-corrected chi connectivity index (χ0v) is 17.6. The molecule has 0 radical (unpaired) electrons. The van der Waals surface area contributed by atoms with Gasteiger partial charge in [0.05, 0.1) is 20.0 Å². The predicted molar refractivity (Wildman–Crippen MR) is 112 cm³/mol. The number of nitrogens with one attached hydrogen (secondary N) is 1. The Morgan fingerprint density at radius 2 is 1.82 bits per heavy atom. The van der Waals surface area contributed by atoms with Crippen LogP contribution in [-0.4, -0.2) is 31.5 Å². The lowest BCUT2D eigenvalue weighted by atomic mass is 9.93. The Morgan fingerprint density at radius 3 is 2.50 bits per heavy atom. The second-order valence-corrected chi connectivity index (χ2v) is 8.59. The Labute approximate surface area is 170 Å². The molecule has 1 atom stereocenters. The highest BCUT2D eigenvalue weighted by Gasteiger charge is 2.34. The van der Waals surface area contributed by atoms with E-state index in [2.05, 4.69) is 19.2 Å². The van der Waals surface area contributed by atoms with Gasteiger partial charge in [-0.25, -0.2) is 0 Å². The molecule has 150 valence electrons. The number of fused-ring (bicyclic) bond motifs is 1. The number of hydrogen-bond acceptors (Lipinski definition) is 5. The lowest BCUT2D eigenvalue weighted by molar-refractivity contribution is -0.118. The van der Waals surface area contributed by atoms with Crippen LogP contribution in [-0.2, 0) is 11.3 Å². The van der Waals surface area contributed by atoms with Crippen LogP contribution in [0.15, 0.2) is 42.5 Å². The van der Waals surface area contributed by atoms with E-state index in [4.69, 9.17) is 14.2 Å². The number of rotatable bonds is 7. The first-order chi connectivity index (χ1) is 13.4. The maximum absolute atomic E-state index is 12.4. The molecule has 2 aromatic rings. The highest BCUT2D eigenvalue weighted by atomic mass is 32.2. The third-order valence-corrected chi connectivity index (χ3v) is 5.94. The summed E-state index contributed by atoms with van der Waals surface area (Å²) in [4.78, 5) is 12.4. The molecular formula is C22H27NO4S. The third kappa shape index (κ3) is 5.13. The average Bonchev–Trinajstić information content (AvgIpc) is 2.69. The van der Waals surface area contributed by atoms with Crippen molar-refractivity contribution in [3.63, 3.8) is 0 Å². The summed E-state index contributed by atoms with van der Waals surface area (Å²) >= 11 is 1.64. The quantitative estimate of drug-likeness (QED) is 0.747. The van der Waals surface area contributed by atoms with Crippen molar-refractivity contribution < 1.29 is 19.0 Å². The SMILES string of the molecule is COc1ccc(CNC(=O)CS[C@@H]2CC(C)(C)Oc3ccc(OC)cc32)cc1. The van der Waals surface area contributed by atoms with E-state index >= 15 is 0 Å². The number of hydrogen-bond donors (Lipinski definition) is 1. The van der Waals surface area contributed by atoms with E-state index in [1.165, 1.54) is 0 Å². The Balaban J connectivity index is 1.59. The lowest BCUT2D eigenvalue weighted by Gasteiger charge is -2.37. The van der Waals surface area contributed by atoms with Crippen molar-refractivity contribution in [2.75, 3.05) is 20.0 Å². The zero-order valence-electron chi connectivity index (χ0n) is 16.8. The first-order valence-electron chi connectivity index (χ1n) is 9.28. The molecule has 0 saturated heterocycles. The molecule has 0 saturated carbocycles. The number of ether oxygens (including phenoxy) is 3. The van der Waals surface area contributed by atoms with E-state index in [1.54, 1.807) is 26.0 Å². The van der Waals surface area contributed by atoms with Gasteiger partial charge in [-0.3, -0.25) is 4.79 Å². The zero-order chi connectivity index (χ0) is 20.1. The van der Waals surface area contributed by atoms with Crippen LogP contribution in [0.5, 0.6) is 17.2 Å². The van der Waals surface area contributed by atoms with Crippen molar-refractivity contribution in [1.29, 1.82) is 0 Å². The van der Waals surface area contributed by atoms with Gasteiger partial charge >= 0.3 is 0 Å². The number of methoxy groups -OCH3 is 2. The molecule has 0 spiro atoms. The third-order valence-electron chi connectivity index (χ3n) is 4.69. The Kier molecular flexibility index (Phi) is 6.39. The van der Waals surface area contributed by atoms with Crippen LogP contribution in [0.25, 0.3) is 0 Å². The molecule has 0 fully saturated rings. The summed E-state index contributed by atoms with van der Waals surface area (Å²) in [5.74, 6) is 2.90. The molecule has 28 heavy (non-hydrogen) atoms. The van der Waals surface area contributed by atoms with Crippen molar-refractivity contribution in [3.05, 3.63) is 53.6 Å². The first kappa shape index (κ1) is 20.4. The summed E-state index contributed by atoms with van der Waals surface area (Å²) in [6.07, 6.45) is 0.837. The highest BCUT2D eigenvalue weighted by molar-refractivity contribution is 8.00. The molecule has 1 N–H and O–H groups in total. The second kappa shape index (κ2) is 8.78. The van der Waals surface area contributed by atoms with Gasteiger partial charge in [0.1, 0.15) is 22.8 Å². The van der Waals surface area contributed by atoms with E-state index in [0.717, 1.165) is 34.8 Å². The highest BCUT2D eigenvalue weighted by Crippen LogP contribution is 2.47. The summed E-state index contributed by atoms with van der Waals surface area (Å²) in [6, 6.07) is 13.6. The van der Waals surface area contributed by atoms with Crippen molar-refractivity contribution in [3.8, 4) is 17.2 Å². The molecule has 3 rings (SSSR count). The molecule has 1 amide bonds. The summed E-state index contributed by atoms with van der Waals surface area (Å²) in [5.41, 5.74) is 1.87. The number of thioether (sulfide) groups is 1.